The van der Waals surface area contributed by atoms with Crippen molar-refractivity contribution in [3.8, 4) is 12.1 Å². The summed E-state index contributed by atoms with van der Waals surface area (Å²) in [4.78, 5) is 26.1. The van der Waals surface area contributed by atoms with Gasteiger partial charge in [-0.1, -0.05) is 52.4 Å². The molecule has 0 aliphatic heterocycles. The van der Waals surface area contributed by atoms with Gasteiger partial charge in [0.2, 0.25) is 0 Å². The summed E-state index contributed by atoms with van der Waals surface area (Å²) in [5.41, 5.74) is -0.310. The van der Waals surface area contributed by atoms with Crippen LogP contribution in [0, 0.1) is 22.7 Å². The van der Waals surface area contributed by atoms with Crippen LogP contribution < -0.4 is 0 Å². The Morgan fingerprint density at radius 3 is 1.31 bits per heavy atom. The van der Waals surface area contributed by atoms with Crippen molar-refractivity contribution < 1.29 is 28.5 Å². The first-order chi connectivity index (χ1) is 20.5. The number of unbranched alkanes of at least 4 members (excludes halogenated alkanes) is 6. The minimum atomic E-state index is -0.653. The van der Waals surface area contributed by atoms with Crippen molar-refractivity contribution in [2.24, 2.45) is 0 Å². The second-order valence-corrected chi connectivity index (χ2v) is 11.6. The molecule has 8 nitrogen and oxygen atoms in total. The topological polar surface area (TPSA) is 119 Å². The summed E-state index contributed by atoms with van der Waals surface area (Å²) in [7, 11) is 0. The molecule has 8 heteroatoms. The number of nitrogens with zero attached hydrogens (tertiary/aromatic N) is 2. The molecule has 0 spiro atoms. The van der Waals surface area contributed by atoms with Gasteiger partial charge in [-0.25, -0.2) is 9.59 Å². The highest BCUT2D eigenvalue weighted by atomic mass is 16.5. The van der Waals surface area contributed by atoms with E-state index in [2.05, 4.69) is 13.8 Å². The molecule has 0 N–H and O–H groups in total. The lowest BCUT2D eigenvalue weighted by Gasteiger charge is -2.29. The summed E-state index contributed by atoms with van der Waals surface area (Å²) in [6, 6.07) is 6.69. The molecule has 0 amide bonds. The summed E-state index contributed by atoms with van der Waals surface area (Å²) < 4.78 is 23.4. The normalized spacial score (nSPS) is 22.1. The van der Waals surface area contributed by atoms with Gasteiger partial charge in [-0.3, -0.25) is 0 Å². The summed E-state index contributed by atoms with van der Waals surface area (Å²) in [5.74, 6) is -1.31. The monoisotopic (exact) mass is 580 g/mol. The van der Waals surface area contributed by atoms with Crippen LogP contribution in [0.2, 0.25) is 0 Å². The van der Waals surface area contributed by atoms with Crippen LogP contribution in [0.1, 0.15) is 148 Å². The van der Waals surface area contributed by atoms with Gasteiger partial charge in [0, 0.05) is 13.2 Å². The molecule has 0 aromatic heterocycles. The molecule has 3 rings (SSSR count). The van der Waals surface area contributed by atoms with E-state index >= 15 is 0 Å². The first-order valence-electron chi connectivity index (χ1n) is 16.1. The molecular formula is C34H48N2O6. The van der Waals surface area contributed by atoms with E-state index in [1.54, 1.807) is 0 Å². The van der Waals surface area contributed by atoms with Crippen molar-refractivity contribution in [1.82, 2.24) is 0 Å². The average Bonchev–Trinajstić information content (AvgIpc) is 3.01. The predicted molar refractivity (Wildman–Crippen MR) is 159 cm³/mol. The fourth-order valence-electron chi connectivity index (χ4n) is 5.80. The molecule has 1 aromatic carbocycles. The minimum absolute atomic E-state index is 0.00325. The first-order valence-corrected chi connectivity index (χ1v) is 16.1. The highest BCUT2D eigenvalue weighted by molar-refractivity contribution is 5.98. The number of hydrogen-bond donors (Lipinski definition) is 0. The maximum atomic E-state index is 13.0. The fraction of sp³-hybridized carbons (Fsp3) is 0.706. The third-order valence-electron chi connectivity index (χ3n) is 8.36. The van der Waals surface area contributed by atoms with Gasteiger partial charge in [0.1, 0.15) is 24.3 Å². The smallest absolute Gasteiger partial charge is 0.339 e. The van der Waals surface area contributed by atoms with Gasteiger partial charge in [-0.2, -0.15) is 10.5 Å². The highest BCUT2D eigenvalue weighted by Gasteiger charge is 2.30. The maximum absolute atomic E-state index is 13.0. The molecule has 42 heavy (non-hydrogen) atoms. The Bertz CT molecular complexity index is 990. The molecule has 0 radical (unpaired) electrons. The molecule has 0 heterocycles. The van der Waals surface area contributed by atoms with Gasteiger partial charge in [-0.05, 0) is 76.3 Å². The Morgan fingerprint density at radius 2 is 0.976 bits per heavy atom. The Hall–Kier alpha value is -2.94. The van der Waals surface area contributed by atoms with E-state index in [-0.39, 0.29) is 46.7 Å². The van der Waals surface area contributed by atoms with E-state index in [0.29, 0.717) is 25.7 Å². The van der Waals surface area contributed by atoms with Gasteiger partial charge in [0.05, 0.1) is 34.5 Å². The second-order valence-electron chi connectivity index (χ2n) is 11.6. The van der Waals surface area contributed by atoms with Crippen LogP contribution in [0.25, 0.3) is 0 Å². The summed E-state index contributed by atoms with van der Waals surface area (Å²) in [6.45, 7) is 5.90. The fourth-order valence-corrected chi connectivity index (χ4v) is 5.80. The van der Waals surface area contributed by atoms with E-state index in [1.165, 1.54) is 50.7 Å². The number of hydrogen-bond acceptors (Lipinski definition) is 8. The molecule has 1 aromatic rings. The molecule has 0 atom stereocenters. The molecule has 0 bridgehead atoms. The lowest BCUT2D eigenvalue weighted by atomic mass is 9.94. The van der Waals surface area contributed by atoms with E-state index in [1.807, 2.05) is 12.1 Å². The SMILES string of the molecule is CCCCCCO[C@H]1CC[C@H](OC(=O)c2ccc(C(=O)O[C@H]3CC[C@H](OCCCCCC)CC3)c(C#N)c2C#N)CC1. The van der Waals surface area contributed by atoms with Crippen molar-refractivity contribution in [1.29, 1.82) is 10.5 Å². The maximum Gasteiger partial charge on any atom is 0.339 e. The summed E-state index contributed by atoms with van der Waals surface area (Å²) in [6.07, 6.45) is 15.2. The number of ether oxygens (including phenoxy) is 4. The largest absolute Gasteiger partial charge is 0.459 e. The molecule has 0 unspecified atom stereocenters. The molecule has 0 saturated heterocycles. The summed E-state index contributed by atoms with van der Waals surface area (Å²) in [5, 5.41) is 19.7. The lowest BCUT2D eigenvalue weighted by Crippen LogP contribution is -2.29. The van der Waals surface area contributed by atoms with Gasteiger partial charge >= 0.3 is 11.9 Å². The van der Waals surface area contributed by atoms with Crippen LogP contribution in [0.4, 0.5) is 0 Å². The Labute approximate surface area is 251 Å². The molecule has 2 saturated carbocycles. The third kappa shape index (κ3) is 10.4. The van der Waals surface area contributed by atoms with Crippen molar-refractivity contribution >= 4 is 11.9 Å². The van der Waals surface area contributed by atoms with Crippen LogP contribution in [0.15, 0.2) is 12.1 Å². The number of benzene rings is 1. The van der Waals surface area contributed by atoms with Crippen LogP contribution in [-0.2, 0) is 18.9 Å². The van der Waals surface area contributed by atoms with Crippen molar-refractivity contribution in [3.63, 3.8) is 0 Å². The van der Waals surface area contributed by atoms with Crippen LogP contribution in [0.3, 0.4) is 0 Å². The molecule has 2 fully saturated rings. The summed E-state index contributed by atoms with van der Waals surface area (Å²) >= 11 is 0. The number of nitriles is 2. The quantitative estimate of drug-likeness (QED) is 0.145. The Morgan fingerprint density at radius 1 is 0.619 bits per heavy atom. The lowest BCUT2D eigenvalue weighted by molar-refractivity contribution is -0.0208. The average molecular weight is 581 g/mol. The molecule has 2 aliphatic rings. The Kier molecular flexibility index (Phi) is 14.8. The van der Waals surface area contributed by atoms with Crippen molar-refractivity contribution in [2.45, 2.75) is 141 Å². The standard InChI is InChI=1S/C34H48N2O6/c1-3-5-7-9-21-39-25-11-15-27(16-12-25)41-33(37)29-19-20-30(32(24-36)31(29)23-35)34(38)42-28-17-13-26(14-18-28)40-22-10-8-6-4-2/h19-20,25-28H,3-18,21-22H2,1-2H3/t25-,26-,27-,28-. The van der Waals surface area contributed by atoms with Crippen molar-refractivity contribution in [3.05, 3.63) is 34.4 Å². The zero-order valence-corrected chi connectivity index (χ0v) is 25.5. The number of rotatable bonds is 16. The van der Waals surface area contributed by atoms with Gasteiger partial charge < -0.3 is 18.9 Å². The first kappa shape index (κ1) is 33.6. The van der Waals surface area contributed by atoms with E-state index in [9.17, 15) is 20.1 Å². The number of carbonyl (C=O) groups excluding carboxylic acids is 2. The van der Waals surface area contributed by atoms with Gasteiger partial charge in [0.15, 0.2) is 0 Å². The number of carbonyl (C=O) groups is 2. The predicted octanol–water partition coefficient (Wildman–Crippen LogP) is 7.56. The zero-order chi connectivity index (χ0) is 30.2. The molecular weight excluding hydrogens is 532 g/mol. The van der Waals surface area contributed by atoms with Gasteiger partial charge in [-0.15, -0.1) is 0 Å². The van der Waals surface area contributed by atoms with Crippen LogP contribution in [-0.4, -0.2) is 49.6 Å². The van der Waals surface area contributed by atoms with Crippen LogP contribution >= 0.6 is 0 Å². The van der Waals surface area contributed by atoms with Crippen molar-refractivity contribution in [2.75, 3.05) is 13.2 Å². The third-order valence-corrected chi connectivity index (χ3v) is 8.36. The Balaban J connectivity index is 1.50. The van der Waals surface area contributed by atoms with E-state index in [4.69, 9.17) is 18.9 Å². The van der Waals surface area contributed by atoms with E-state index < -0.39 is 11.9 Å². The van der Waals surface area contributed by atoms with Gasteiger partial charge in [0.25, 0.3) is 0 Å². The minimum Gasteiger partial charge on any atom is -0.459 e. The number of esters is 2. The molecule has 230 valence electrons. The van der Waals surface area contributed by atoms with Crippen LogP contribution in [0.5, 0.6) is 0 Å². The zero-order valence-electron chi connectivity index (χ0n) is 25.5. The highest BCUT2D eigenvalue weighted by Crippen LogP contribution is 2.28. The second kappa shape index (κ2) is 18.6. The van der Waals surface area contributed by atoms with E-state index in [0.717, 1.165) is 51.7 Å². The molecule has 2 aliphatic carbocycles.